The van der Waals surface area contributed by atoms with Crippen LogP contribution in [0.25, 0.3) is 44.2 Å². The van der Waals surface area contributed by atoms with Crippen LogP contribution in [0, 0.1) is 17.8 Å². The highest BCUT2D eigenvalue weighted by molar-refractivity contribution is 6.07. The summed E-state index contributed by atoms with van der Waals surface area (Å²) in [5.74, 6) is 1.98. The topological polar surface area (TPSA) is 193 Å². The fraction of sp³-hybridized carbons (Fsp3) is 0.489. The fourth-order valence-electron chi connectivity index (χ4n) is 10.1. The van der Waals surface area contributed by atoms with Crippen LogP contribution in [0.1, 0.15) is 89.1 Å². The van der Waals surface area contributed by atoms with Gasteiger partial charge in [-0.2, -0.15) is 0 Å². The number of alkyl carbamates (subject to hydrolysis) is 2. The Hall–Kier alpha value is -6.16. The minimum atomic E-state index is -0.720. The molecule has 2 aromatic heterocycles. The summed E-state index contributed by atoms with van der Waals surface area (Å²) >= 11 is 0. The van der Waals surface area contributed by atoms with Gasteiger partial charge in [-0.3, -0.25) is 9.59 Å². The van der Waals surface area contributed by atoms with Gasteiger partial charge < -0.3 is 49.3 Å². The van der Waals surface area contributed by atoms with Crippen LogP contribution in [0.15, 0.2) is 48.7 Å². The van der Waals surface area contributed by atoms with Crippen LogP contribution < -0.4 is 15.4 Å². The van der Waals surface area contributed by atoms with E-state index in [0.717, 1.165) is 80.6 Å². The van der Waals surface area contributed by atoms with Crippen LogP contribution in [0.2, 0.25) is 0 Å². The number of ether oxygens (including phenoxy) is 4. The molecule has 0 saturated carbocycles. The molecule has 16 heteroatoms. The Morgan fingerprint density at radius 3 is 2.40 bits per heavy atom. The third kappa shape index (κ3) is 7.93. The molecule has 3 saturated heterocycles. The predicted molar refractivity (Wildman–Crippen MR) is 235 cm³/mol. The van der Waals surface area contributed by atoms with Gasteiger partial charge in [0.25, 0.3) is 0 Å². The summed E-state index contributed by atoms with van der Waals surface area (Å²) in [7, 11) is 2.60. The van der Waals surface area contributed by atoms with E-state index in [1.807, 2.05) is 42.8 Å². The zero-order valence-corrected chi connectivity index (χ0v) is 36.7. The van der Waals surface area contributed by atoms with Crippen LogP contribution in [0.5, 0.6) is 5.75 Å². The van der Waals surface area contributed by atoms with E-state index in [0.29, 0.717) is 45.0 Å². The number of fused-ring (bicyclic) bond motifs is 6. The molecule has 0 bridgehead atoms. The minimum absolute atomic E-state index is 0.0177. The van der Waals surface area contributed by atoms with E-state index in [4.69, 9.17) is 28.9 Å². The molecule has 3 aromatic carbocycles. The standard InChI is InChI=1S/C47H56N8O8/c1-24(2)39(52-46(58)60-5)45(57)55-26(4)7-12-36(55)42-48-21-35(50-42)29-8-10-31-30(18-29)23-63-38-20-32-28(19-33(31)38)9-11-34-41(32)51-43(49-34)37-17-25(3)22-54(37)44(56)40(53-47(59)61-6)27-13-15-62-16-14-27/h8-11,18-21,24-27,36-37,39-40H,7,12-17,22-23H2,1-6H3,(H,48,50)(H,49,51)(H,52,58)(H,53,59)/t25-,26-,36-,37-,39-,40-/m0/s1. The van der Waals surface area contributed by atoms with Crippen molar-refractivity contribution < 1.29 is 38.1 Å². The quantitative estimate of drug-likeness (QED) is 0.118. The number of aromatic nitrogens is 4. The highest BCUT2D eigenvalue weighted by Crippen LogP contribution is 2.44. The number of rotatable bonds is 9. The van der Waals surface area contributed by atoms with Crippen molar-refractivity contribution in [1.29, 1.82) is 0 Å². The van der Waals surface area contributed by atoms with Gasteiger partial charge >= 0.3 is 12.2 Å². The Bertz CT molecular complexity index is 2560. The molecule has 332 valence electrons. The number of aromatic amines is 2. The normalized spacial score (nSPS) is 22.1. The van der Waals surface area contributed by atoms with Gasteiger partial charge in [-0.05, 0) is 103 Å². The summed E-state index contributed by atoms with van der Waals surface area (Å²) in [6, 6.07) is 12.7. The van der Waals surface area contributed by atoms with Gasteiger partial charge in [-0.25, -0.2) is 19.6 Å². The second-order valence-electron chi connectivity index (χ2n) is 17.9. The molecule has 6 atom stereocenters. The van der Waals surface area contributed by atoms with Gasteiger partial charge in [0, 0.05) is 36.8 Å². The van der Waals surface area contributed by atoms with Crippen molar-refractivity contribution in [2.24, 2.45) is 17.8 Å². The molecule has 16 nitrogen and oxygen atoms in total. The molecule has 63 heavy (non-hydrogen) atoms. The number of likely N-dealkylation sites (tertiary alicyclic amines) is 2. The molecule has 3 fully saturated rings. The van der Waals surface area contributed by atoms with E-state index < -0.39 is 24.3 Å². The number of nitrogens with one attached hydrogen (secondary N) is 4. The number of benzene rings is 3. The Morgan fingerprint density at radius 2 is 1.63 bits per heavy atom. The summed E-state index contributed by atoms with van der Waals surface area (Å²) in [5.41, 5.74) is 6.59. The van der Waals surface area contributed by atoms with Gasteiger partial charge in [0.1, 0.15) is 36.1 Å². The molecule has 0 aliphatic carbocycles. The smallest absolute Gasteiger partial charge is 0.407 e. The molecular weight excluding hydrogens is 805 g/mol. The molecule has 4 amide bonds. The molecule has 0 spiro atoms. The van der Waals surface area contributed by atoms with E-state index in [9.17, 15) is 19.2 Å². The van der Waals surface area contributed by atoms with E-state index in [1.54, 1.807) is 0 Å². The lowest BCUT2D eigenvalue weighted by Crippen LogP contribution is -2.53. The minimum Gasteiger partial charge on any atom is -0.488 e. The number of methoxy groups -OCH3 is 2. The van der Waals surface area contributed by atoms with Crippen LogP contribution in [-0.4, -0.2) is 106 Å². The molecule has 4 N–H and O–H groups in total. The Labute approximate surface area is 365 Å². The van der Waals surface area contributed by atoms with E-state index in [2.05, 4.69) is 63.9 Å². The van der Waals surface area contributed by atoms with Crippen LogP contribution in [-0.2, 0) is 30.4 Å². The summed E-state index contributed by atoms with van der Waals surface area (Å²) in [5, 5.41) is 7.57. The van der Waals surface area contributed by atoms with Gasteiger partial charge in [0.2, 0.25) is 11.8 Å². The highest BCUT2D eigenvalue weighted by Gasteiger charge is 2.43. The fourth-order valence-corrected chi connectivity index (χ4v) is 10.1. The number of hydrogen-bond acceptors (Lipinski definition) is 10. The van der Waals surface area contributed by atoms with Gasteiger partial charge in [0.05, 0.1) is 49.2 Å². The second-order valence-corrected chi connectivity index (χ2v) is 17.9. The number of amides is 4. The van der Waals surface area contributed by atoms with E-state index in [1.165, 1.54) is 14.2 Å². The van der Waals surface area contributed by atoms with Gasteiger partial charge in [0.15, 0.2) is 0 Å². The van der Waals surface area contributed by atoms with E-state index >= 15 is 0 Å². The summed E-state index contributed by atoms with van der Waals surface area (Å²) in [6.45, 7) is 10.0. The number of carbonyl (C=O) groups is 4. The molecule has 6 heterocycles. The number of imidazole rings is 2. The maximum atomic E-state index is 14.3. The highest BCUT2D eigenvalue weighted by atomic mass is 16.5. The molecular formula is C47H56N8O8. The SMILES string of the molecule is COC(=O)N[C@H](C(=O)N1[C@@H](C)CC[C@H]1c1ncc(-c2ccc3c(c2)COc2cc4c(ccc5nc([C@@H]6C[C@H](C)CN6C(=O)[C@@H](NC(=O)OC)C6CCOCC6)[nH]c54)cc2-3)[nH]1)C(C)C. The van der Waals surface area contributed by atoms with Crippen LogP contribution in [0.4, 0.5) is 9.59 Å². The van der Waals surface area contributed by atoms with Crippen molar-refractivity contribution >= 4 is 45.8 Å². The zero-order chi connectivity index (χ0) is 44.1. The maximum absolute atomic E-state index is 14.3. The monoisotopic (exact) mass is 860 g/mol. The van der Waals surface area contributed by atoms with Crippen molar-refractivity contribution in [3.8, 4) is 28.1 Å². The molecule has 4 aliphatic rings. The first-order valence-corrected chi connectivity index (χ1v) is 22.1. The molecule has 5 aromatic rings. The number of nitrogens with zero attached hydrogens (tertiary/aromatic N) is 4. The van der Waals surface area contributed by atoms with E-state index in [-0.39, 0.29) is 47.7 Å². The van der Waals surface area contributed by atoms with Crippen molar-refractivity contribution in [3.05, 3.63) is 65.9 Å². The Balaban J connectivity index is 0.964. The van der Waals surface area contributed by atoms with Crippen LogP contribution in [0.3, 0.4) is 0 Å². The third-order valence-electron chi connectivity index (χ3n) is 13.5. The zero-order valence-electron chi connectivity index (χ0n) is 36.7. The summed E-state index contributed by atoms with van der Waals surface area (Å²) < 4.78 is 21.8. The summed E-state index contributed by atoms with van der Waals surface area (Å²) in [4.78, 5) is 73.4. The van der Waals surface area contributed by atoms with Crippen molar-refractivity contribution in [1.82, 2.24) is 40.4 Å². The molecule has 0 unspecified atom stereocenters. The molecule has 4 aliphatic heterocycles. The van der Waals surface area contributed by atoms with Crippen LogP contribution >= 0.6 is 0 Å². The predicted octanol–water partition coefficient (Wildman–Crippen LogP) is 7.16. The first kappa shape index (κ1) is 42.2. The van der Waals surface area contributed by atoms with Crippen molar-refractivity contribution in [2.75, 3.05) is 34.0 Å². The maximum Gasteiger partial charge on any atom is 0.407 e. The lowest BCUT2D eigenvalue weighted by Gasteiger charge is -2.34. The van der Waals surface area contributed by atoms with Gasteiger partial charge in [-0.15, -0.1) is 0 Å². The molecule has 0 radical (unpaired) electrons. The lowest BCUT2D eigenvalue weighted by molar-refractivity contribution is -0.138. The summed E-state index contributed by atoms with van der Waals surface area (Å²) in [6.07, 6.45) is 4.23. The average Bonchev–Trinajstić information content (AvgIpc) is 4.12. The number of hydrogen-bond donors (Lipinski definition) is 4. The lowest BCUT2D eigenvalue weighted by atomic mass is 9.90. The van der Waals surface area contributed by atoms with Gasteiger partial charge in [-0.1, -0.05) is 39.0 Å². The molecule has 9 rings (SSSR count). The number of H-pyrrole nitrogens is 2. The van der Waals surface area contributed by atoms with Crippen molar-refractivity contribution in [3.63, 3.8) is 0 Å². The second kappa shape index (κ2) is 17.2. The Morgan fingerprint density at radius 1 is 0.857 bits per heavy atom. The first-order valence-electron chi connectivity index (χ1n) is 22.1. The average molecular weight is 861 g/mol. The Kier molecular flexibility index (Phi) is 11.5. The first-order chi connectivity index (χ1) is 30.4. The largest absolute Gasteiger partial charge is 0.488 e. The van der Waals surface area contributed by atoms with Crippen molar-refractivity contribution in [2.45, 2.75) is 96.6 Å². The third-order valence-corrected chi connectivity index (χ3v) is 13.5. The number of carbonyl (C=O) groups excluding carboxylic acids is 4.